The maximum Gasteiger partial charge on any atom is 0.203 e. The summed E-state index contributed by atoms with van der Waals surface area (Å²) in [4.78, 5) is 13.0. The van der Waals surface area contributed by atoms with Gasteiger partial charge in [0.1, 0.15) is 12.2 Å². The molecule has 0 spiro atoms. The molecular formula is C17H21N5O3. The Kier molecular flexibility index (Phi) is 4.60. The molecule has 0 saturated heterocycles. The standard InChI is InChI=1S/C17H21N5O3/c1-5-22-13(21-14-16(18)19-9-20-17(14)22)8-10-6-11(23-2)15(25-4)12(7-10)24-3/h6-7,9H,5,8H2,1-4H3,(H2,18,19,20). The van der Waals surface area contributed by atoms with Crippen molar-refractivity contribution >= 4 is 17.0 Å². The molecule has 0 bridgehead atoms. The number of nitrogens with zero attached hydrogens (tertiary/aromatic N) is 4. The van der Waals surface area contributed by atoms with Crippen LogP contribution in [0.2, 0.25) is 0 Å². The average Bonchev–Trinajstić information content (AvgIpc) is 2.99. The van der Waals surface area contributed by atoms with Crippen molar-refractivity contribution < 1.29 is 14.2 Å². The van der Waals surface area contributed by atoms with Gasteiger partial charge in [0.05, 0.1) is 21.3 Å². The van der Waals surface area contributed by atoms with Gasteiger partial charge >= 0.3 is 0 Å². The summed E-state index contributed by atoms with van der Waals surface area (Å²) in [6, 6.07) is 3.82. The first-order valence-corrected chi connectivity index (χ1v) is 7.87. The van der Waals surface area contributed by atoms with Crippen molar-refractivity contribution in [3.63, 3.8) is 0 Å². The predicted molar refractivity (Wildman–Crippen MR) is 94.3 cm³/mol. The first-order valence-electron chi connectivity index (χ1n) is 7.87. The Labute approximate surface area is 145 Å². The number of benzene rings is 1. The molecule has 0 fully saturated rings. The summed E-state index contributed by atoms with van der Waals surface area (Å²) < 4.78 is 18.2. The van der Waals surface area contributed by atoms with E-state index in [0.717, 1.165) is 23.6 Å². The monoisotopic (exact) mass is 343 g/mol. The molecule has 25 heavy (non-hydrogen) atoms. The van der Waals surface area contributed by atoms with Gasteiger partial charge in [-0.1, -0.05) is 0 Å². The number of rotatable bonds is 6. The molecule has 0 atom stereocenters. The molecule has 2 N–H and O–H groups in total. The van der Waals surface area contributed by atoms with Crippen LogP contribution in [-0.4, -0.2) is 40.8 Å². The molecule has 0 aliphatic heterocycles. The van der Waals surface area contributed by atoms with E-state index >= 15 is 0 Å². The molecule has 8 nitrogen and oxygen atoms in total. The van der Waals surface area contributed by atoms with Gasteiger partial charge in [-0.25, -0.2) is 15.0 Å². The zero-order chi connectivity index (χ0) is 18.0. The average molecular weight is 343 g/mol. The molecule has 3 aromatic rings. The normalized spacial score (nSPS) is 10.9. The number of imidazole rings is 1. The Morgan fingerprint density at radius 3 is 2.28 bits per heavy atom. The molecule has 0 aliphatic carbocycles. The fraction of sp³-hybridized carbons (Fsp3) is 0.353. The highest BCUT2D eigenvalue weighted by Crippen LogP contribution is 2.38. The van der Waals surface area contributed by atoms with Crippen LogP contribution < -0.4 is 19.9 Å². The number of nitrogens with two attached hydrogens (primary N) is 1. The minimum absolute atomic E-state index is 0.378. The topological polar surface area (TPSA) is 97.3 Å². The largest absolute Gasteiger partial charge is 0.493 e. The second-order valence-electron chi connectivity index (χ2n) is 5.41. The molecule has 2 heterocycles. The minimum Gasteiger partial charge on any atom is -0.493 e. The summed E-state index contributed by atoms with van der Waals surface area (Å²) in [7, 11) is 4.77. The van der Waals surface area contributed by atoms with Gasteiger partial charge in [-0.15, -0.1) is 0 Å². The minimum atomic E-state index is 0.378. The molecule has 0 unspecified atom stereocenters. The van der Waals surface area contributed by atoms with Crippen LogP contribution in [0, 0.1) is 0 Å². The lowest BCUT2D eigenvalue weighted by molar-refractivity contribution is 0.324. The first kappa shape index (κ1) is 16.8. The third-order valence-electron chi connectivity index (χ3n) is 4.04. The molecular weight excluding hydrogens is 322 g/mol. The molecule has 0 amide bonds. The number of nitrogen functional groups attached to an aromatic ring is 1. The number of ether oxygens (including phenoxy) is 3. The molecule has 3 rings (SSSR count). The van der Waals surface area contributed by atoms with E-state index < -0.39 is 0 Å². The Morgan fingerprint density at radius 2 is 1.72 bits per heavy atom. The van der Waals surface area contributed by atoms with Crippen molar-refractivity contribution in [1.29, 1.82) is 0 Å². The number of methoxy groups -OCH3 is 3. The van der Waals surface area contributed by atoms with Gasteiger partial charge in [-0.2, -0.15) is 0 Å². The van der Waals surface area contributed by atoms with E-state index in [1.54, 1.807) is 21.3 Å². The first-order chi connectivity index (χ1) is 12.1. The van der Waals surface area contributed by atoms with E-state index in [1.807, 2.05) is 23.6 Å². The number of hydrogen-bond donors (Lipinski definition) is 1. The van der Waals surface area contributed by atoms with E-state index in [0.29, 0.717) is 35.0 Å². The zero-order valence-corrected chi connectivity index (χ0v) is 14.7. The SMILES string of the molecule is CCn1c(Cc2cc(OC)c(OC)c(OC)c2)nc2c(N)ncnc21. The number of hydrogen-bond acceptors (Lipinski definition) is 7. The van der Waals surface area contributed by atoms with E-state index in [4.69, 9.17) is 19.9 Å². The molecule has 0 radical (unpaired) electrons. The van der Waals surface area contributed by atoms with Gasteiger partial charge in [0.25, 0.3) is 0 Å². The third-order valence-corrected chi connectivity index (χ3v) is 4.04. The summed E-state index contributed by atoms with van der Waals surface area (Å²) >= 11 is 0. The summed E-state index contributed by atoms with van der Waals surface area (Å²) in [5.74, 6) is 3.00. The molecule has 8 heteroatoms. The molecule has 1 aromatic carbocycles. The highest BCUT2D eigenvalue weighted by Gasteiger charge is 2.17. The van der Waals surface area contributed by atoms with E-state index in [-0.39, 0.29) is 0 Å². The fourth-order valence-corrected chi connectivity index (χ4v) is 2.89. The quantitative estimate of drug-likeness (QED) is 0.731. The van der Waals surface area contributed by atoms with Crippen LogP contribution in [0.5, 0.6) is 17.2 Å². The van der Waals surface area contributed by atoms with Crippen molar-refractivity contribution in [3.05, 3.63) is 29.8 Å². The van der Waals surface area contributed by atoms with Gasteiger partial charge in [0, 0.05) is 13.0 Å². The van der Waals surface area contributed by atoms with Crippen molar-refractivity contribution in [1.82, 2.24) is 19.5 Å². The van der Waals surface area contributed by atoms with Gasteiger partial charge in [0.2, 0.25) is 5.75 Å². The van der Waals surface area contributed by atoms with Gasteiger partial charge < -0.3 is 24.5 Å². The van der Waals surface area contributed by atoms with Crippen LogP contribution in [-0.2, 0) is 13.0 Å². The van der Waals surface area contributed by atoms with Gasteiger partial charge in [0.15, 0.2) is 28.5 Å². The van der Waals surface area contributed by atoms with Crippen molar-refractivity contribution in [3.8, 4) is 17.2 Å². The van der Waals surface area contributed by atoms with Crippen LogP contribution in [0.15, 0.2) is 18.5 Å². The maximum atomic E-state index is 5.93. The van der Waals surface area contributed by atoms with Crippen molar-refractivity contribution in [2.75, 3.05) is 27.1 Å². The van der Waals surface area contributed by atoms with Crippen molar-refractivity contribution in [2.45, 2.75) is 19.9 Å². The maximum absolute atomic E-state index is 5.93. The van der Waals surface area contributed by atoms with E-state index in [1.165, 1.54) is 6.33 Å². The highest BCUT2D eigenvalue weighted by atomic mass is 16.5. The molecule has 0 saturated carbocycles. The van der Waals surface area contributed by atoms with Gasteiger partial charge in [-0.05, 0) is 24.6 Å². The molecule has 132 valence electrons. The number of anilines is 1. The van der Waals surface area contributed by atoms with Gasteiger partial charge in [-0.3, -0.25) is 0 Å². The lowest BCUT2D eigenvalue weighted by Crippen LogP contribution is -2.04. The Hall–Kier alpha value is -3.03. The lowest BCUT2D eigenvalue weighted by atomic mass is 10.1. The third kappa shape index (κ3) is 2.90. The Morgan fingerprint density at radius 1 is 1.04 bits per heavy atom. The highest BCUT2D eigenvalue weighted by molar-refractivity contribution is 5.81. The summed E-state index contributed by atoms with van der Waals surface area (Å²) in [6.45, 7) is 2.77. The summed E-state index contributed by atoms with van der Waals surface area (Å²) in [6.07, 6.45) is 2.02. The predicted octanol–water partition coefficient (Wildman–Crippen LogP) is 2.04. The number of aryl methyl sites for hydroxylation is 1. The zero-order valence-electron chi connectivity index (χ0n) is 14.7. The molecule has 0 aliphatic rings. The summed E-state index contributed by atoms with van der Waals surface area (Å²) in [5.41, 5.74) is 8.26. The smallest absolute Gasteiger partial charge is 0.203 e. The Bertz CT molecular complexity index is 882. The van der Waals surface area contributed by atoms with Crippen LogP contribution in [0.1, 0.15) is 18.3 Å². The van der Waals surface area contributed by atoms with E-state index in [9.17, 15) is 0 Å². The van der Waals surface area contributed by atoms with E-state index in [2.05, 4.69) is 15.0 Å². The van der Waals surface area contributed by atoms with Crippen LogP contribution in [0.4, 0.5) is 5.82 Å². The van der Waals surface area contributed by atoms with Crippen LogP contribution in [0.25, 0.3) is 11.2 Å². The second-order valence-corrected chi connectivity index (χ2v) is 5.41. The second kappa shape index (κ2) is 6.84. The Balaban J connectivity index is 2.08. The fourth-order valence-electron chi connectivity index (χ4n) is 2.89. The van der Waals surface area contributed by atoms with Crippen LogP contribution >= 0.6 is 0 Å². The molecule has 2 aromatic heterocycles. The van der Waals surface area contributed by atoms with Crippen LogP contribution in [0.3, 0.4) is 0 Å². The lowest BCUT2D eigenvalue weighted by Gasteiger charge is -2.14. The number of fused-ring (bicyclic) bond motifs is 1. The van der Waals surface area contributed by atoms with Crippen molar-refractivity contribution in [2.24, 2.45) is 0 Å². The number of aromatic nitrogens is 4. The summed E-state index contributed by atoms with van der Waals surface area (Å²) in [5, 5.41) is 0.